The first kappa shape index (κ1) is 31.6. The fraction of sp³-hybridized carbons (Fsp3) is 0.444. The van der Waals surface area contributed by atoms with Crippen molar-refractivity contribution in [1.82, 2.24) is 10.6 Å². The number of amides is 3. The van der Waals surface area contributed by atoms with Gasteiger partial charge in [-0.05, 0) is 36.8 Å². The van der Waals surface area contributed by atoms with Gasteiger partial charge >= 0.3 is 6.09 Å². The van der Waals surface area contributed by atoms with E-state index in [4.69, 9.17) is 16.2 Å². The van der Waals surface area contributed by atoms with Gasteiger partial charge in [0.2, 0.25) is 11.8 Å². The third-order valence-electron chi connectivity index (χ3n) is 4.70. The van der Waals surface area contributed by atoms with E-state index in [9.17, 15) is 14.4 Å². The Morgan fingerprint density at radius 3 is 1.94 bits per heavy atom. The predicted molar refractivity (Wildman–Crippen MR) is 140 cm³/mol. The van der Waals surface area contributed by atoms with Gasteiger partial charge in [0, 0.05) is 6.54 Å². The minimum Gasteiger partial charge on any atom is -0.445 e. The number of nitrogens with two attached hydrogens (primary N) is 2. The number of primary amides is 1. The smallest absolute Gasteiger partial charge is 0.407 e. The predicted octanol–water partition coefficient (Wildman–Crippen LogP) is 3.68. The molecule has 2 atom stereocenters. The molecule has 2 aromatic carbocycles. The van der Waals surface area contributed by atoms with Crippen molar-refractivity contribution in [3.63, 3.8) is 0 Å². The number of carbonyl (C=O) groups is 3. The van der Waals surface area contributed by atoms with Gasteiger partial charge in [0.25, 0.3) is 0 Å². The van der Waals surface area contributed by atoms with Crippen LogP contribution < -0.4 is 22.1 Å². The van der Waals surface area contributed by atoms with Crippen LogP contribution in [0.5, 0.6) is 0 Å². The average Bonchev–Trinajstić information content (AvgIpc) is 2.89. The van der Waals surface area contributed by atoms with Crippen LogP contribution in [0.1, 0.15) is 58.1 Å². The van der Waals surface area contributed by atoms with Gasteiger partial charge in [0.15, 0.2) is 0 Å². The second-order valence-corrected chi connectivity index (χ2v) is 7.24. The number of nitrogens with one attached hydrogen (secondary N) is 2. The van der Waals surface area contributed by atoms with Crippen LogP contribution in [0.3, 0.4) is 0 Å². The Morgan fingerprint density at radius 1 is 0.857 bits per heavy atom. The Balaban J connectivity index is 0.00000274. The summed E-state index contributed by atoms with van der Waals surface area (Å²) in [5.41, 5.74) is 13.2. The molecule has 2 rings (SSSR count). The number of ether oxygens (including phenoxy) is 1. The van der Waals surface area contributed by atoms with Crippen molar-refractivity contribution in [2.45, 2.75) is 72.1 Å². The zero-order valence-electron chi connectivity index (χ0n) is 21.5. The molecule has 0 aliphatic carbocycles. The molecule has 0 fully saturated rings. The van der Waals surface area contributed by atoms with Crippen LogP contribution in [-0.2, 0) is 27.4 Å². The zero-order valence-corrected chi connectivity index (χ0v) is 21.5. The van der Waals surface area contributed by atoms with Crippen LogP contribution in [0.25, 0.3) is 0 Å². The number of unbranched alkanes of at least 4 members (excludes halogenated alkanes) is 1. The summed E-state index contributed by atoms with van der Waals surface area (Å²) < 4.78 is 5.13. The maximum absolute atomic E-state index is 12.3. The Morgan fingerprint density at radius 2 is 1.40 bits per heavy atom. The van der Waals surface area contributed by atoms with Crippen molar-refractivity contribution in [3.8, 4) is 0 Å². The van der Waals surface area contributed by atoms with Gasteiger partial charge in [0.05, 0.1) is 6.04 Å². The lowest BCUT2D eigenvalue weighted by Gasteiger charge is -2.18. The highest BCUT2D eigenvalue weighted by Gasteiger charge is 2.21. The molecule has 0 unspecified atom stereocenters. The number of hydrogen-bond donors (Lipinski definition) is 4. The van der Waals surface area contributed by atoms with Crippen molar-refractivity contribution in [3.05, 3.63) is 71.8 Å². The molecular formula is C27H42N4O4. The molecule has 0 aromatic heterocycles. The summed E-state index contributed by atoms with van der Waals surface area (Å²) in [5.74, 6) is -1.04. The van der Waals surface area contributed by atoms with Crippen molar-refractivity contribution in [2.75, 3.05) is 6.54 Å². The first-order valence-electron chi connectivity index (χ1n) is 12.3. The average molecular weight is 487 g/mol. The molecule has 3 amide bonds. The van der Waals surface area contributed by atoms with E-state index in [2.05, 4.69) is 10.6 Å². The van der Waals surface area contributed by atoms with E-state index in [-0.39, 0.29) is 6.61 Å². The summed E-state index contributed by atoms with van der Waals surface area (Å²) in [7, 11) is 0. The van der Waals surface area contributed by atoms with E-state index in [1.807, 2.05) is 88.4 Å². The van der Waals surface area contributed by atoms with E-state index in [1.54, 1.807) is 0 Å². The molecule has 0 aliphatic heterocycles. The maximum Gasteiger partial charge on any atom is 0.407 e. The Kier molecular flexibility index (Phi) is 18.1. The van der Waals surface area contributed by atoms with Crippen LogP contribution in [0.2, 0.25) is 0 Å². The molecule has 35 heavy (non-hydrogen) atoms. The summed E-state index contributed by atoms with van der Waals surface area (Å²) >= 11 is 0. The third-order valence-corrected chi connectivity index (χ3v) is 4.70. The molecule has 6 N–H and O–H groups in total. The van der Waals surface area contributed by atoms with Crippen LogP contribution in [0.4, 0.5) is 4.79 Å². The Hall–Kier alpha value is -3.39. The van der Waals surface area contributed by atoms with Gasteiger partial charge < -0.3 is 26.8 Å². The number of alkyl carbamates (subject to hydrolysis) is 1. The minimum absolute atomic E-state index is 0.200. The van der Waals surface area contributed by atoms with Crippen LogP contribution in [-0.4, -0.2) is 36.5 Å². The van der Waals surface area contributed by atoms with Crippen LogP contribution in [0, 0.1) is 0 Å². The van der Waals surface area contributed by atoms with Crippen molar-refractivity contribution in [1.29, 1.82) is 0 Å². The molecule has 0 saturated heterocycles. The third kappa shape index (κ3) is 14.5. The molecule has 0 saturated carbocycles. The quantitative estimate of drug-likeness (QED) is 0.339. The van der Waals surface area contributed by atoms with Gasteiger partial charge in [0.1, 0.15) is 12.6 Å². The first-order valence-corrected chi connectivity index (χ1v) is 12.3. The van der Waals surface area contributed by atoms with E-state index >= 15 is 0 Å². The van der Waals surface area contributed by atoms with Crippen molar-refractivity contribution in [2.24, 2.45) is 11.5 Å². The largest absolute Gasteiger partial charge is 0.445 e. The standard InChI is InChI=1S/C23H30N4O4.2C2H6/c24-19(15-17-9-3-1-4-10-17)22(29)27-20(21(25)28)13-7-8-14-26-23(30)31-16-18-11-5-2-6-12-18;2*1-2/h1-6,9-12,19-20H,7-8,13-16,24H2,(H2,25,28)(H,26,30)(H,27,29);2*1-2H3/t19-,20-;;/m0../s1. The van der Waals surface area contributed by atoms with Gasteiger partial charge in [-0.1, -0.05) is 88.4 Å². The molecule has 0 radical (unpaired) electrons. The minimum atomic E-state index is -0.806. The summed E-state index contributed by atoms with van der Waals surface area (Å²) in [6.45, 7) is 8.59. The second kappa shape index (κ2) is 20.0. The topological polar surface area (TPSA) is 137 Å². The Bertz CT molecular complexity index is 832. The van der Waals surface area contributed by atoms with Crippen LogP contribution >= 0.6 is 0 Å². The number of benzene rings is 2. The maximum atomic E-state index is 12.3. The van der Waals surface area contributed by atoms with E-state index in [1.165, 1.54) is 0 Å². The molecule has 0 aliphatic rings. The van der Waals surface area contributed by atoms with Gasteiger partial charge in [-0.25, -0.2) is 4.79 Å². The molecule has 0 heterocycles. The second-order valence-electron chi connectivity index (χ2n) is 7.24. The fourth-order valence-electron chi connectivity index (χ4n) is 2.96. The molecule has 0 spiro atoms. The first-order chi connectivity index (χ1) is 17.0. The van der Waals surface area contributed by atoms with Gasteiger partial charge in [-0.15, -0.1) is 0 Å². The summed E-state index contributed by atoms with van der Waals surface area (Å²) in [6, 6.07) is 17.2. The highest BCUT2D eigenvalue weighted by Crippen LogP contribution is 2.05. The lowest BCUT2D eigenvalue weighted by atomic mass is 10.0. The number of rotatable bonds is 12. The molecule has 8 nitrogen and oxygen atoms in total. The molecule has 0 bridgehead atoms. The fourth-order valence-corrected chi connectivity index (χ4v) is 2.96. The molecule has 8 heteroatoms. The lowest BCUT2D eigenvalue weighted by molar-refractivity contribution is -0.128. The summed E-state index contributed by atoms with van der Waals surface area (Å²) in [5, 5.41) is 5.28. The molecular weight excluding hydrogens is 444 g/mol. The van der Waals surface area contributed by atoms with E-state index in [0.29, 0.717) is 32.2 Å². The normalized spacial score (nSPS) is 11.3. The summed E-state index contributed by atoms with van der Waals surface area (Å²) in [4.78, 5) is 35.7. The summed E-state index contributed by atoms with van der Waals surface area (Å²) in [6.07, 6.45) is 1.42. The highest BCUT2D eigenvalue weighted by atomic mass is 16.5. The van der Waals surface area contributed by atoms with Crippen LogP contribution in [0.15, 0.2) is 60.7 Å². The SMILES string of the molecule is CC.CC.NC(=O)[C@H](CCCCNC(=O)OCc1ccccc1)NC(=O)[C@@H](N)Cc1ccccc1. The number of carbonyl (C=O) groups excluding carboxylic acids is 3. The number of hydrogen-bond acceptors (Lipinski definition) is 5. The Labute approximate surface area is 209 Å². The molecule has 2 aromatic rings. The zero-order chi connectivity index (χ0) is 26.5. The van der Waals surface area contributed by atoms with Crippen molar-refractivity contribution >= 4 is 17.9 Å². The van der Waals surface area contributed by atoms with E-state index in [0.717, 1.165) is 11.1 Å². The highest BCUT2D eigenvalue weighted by molar-refractivity contribution is 5.89. The monoisotopic (exact) mass is 486 g/mol. The van der Waals surface area contributed by atoms with Crippen molar-refractivity contribution < 1.29 is 19.1 Å². The van der Waals surface area contributed by atoms with Gasteiger partial charge in [-0.3, -0.25) is 9.59 Å². The van der Waals surface area contributed by atoms with Gasteiger partial charge in [-0.2, -0.15) is 0 Å². The lowest BCUT2D eigenvalue weighted by Crippen LogP contribution is -2.51. The van der Waals surface area contributed by atoms with E-state index < -0.39 is 30.0 Å². The molecule has 194 valence electrons.